The molecule has 3 aromatic carbocycles. The lowest BCUT2D eigenvalue weighted by molar-refractivity contribution is 0.322. The number of aromatic hydroxyl groups is 1. The number of aryl methyl sites for hydroxylation is 1. The van der Waals surface area contributed by atoms with Gasteiger partial charge in [0.25, 0.3) is 0 Å². The molecule has 0 atom stereocenters. The van der Waals surface area contributed by atoms with Gasteiger partial charge in [-0.2, -0.15) is 0 Å². The summed E-state index contributed by atoms with van der Waals surface area (Å²) in [6.45, 7) is 2.61. The number of phenols is 1. The van der Waals surface area contributed by atoms with Crippen molar-refractivity contribution in [3.8, 4) is 11.5 Å². The van der Waals surface area contributed by atoms with Crippen LogP contribution in [0.25, 0.3) is 0 Å². The second kappa shape index (κ2) is 10.1. The molecule has 0 aliphatic rings. The largest absolute Gasteiger partial charge is 0.508 e. The second-order valence-corrected chi connectivity index (χ2v) is 6.26. The van der Waals surface area contributed by atoms with E-state index in [-0.39, 0.29) is 0 Å². The third-order valence-electron chi connectivity index (χ3n) is 3.95. The van der Waals surface area contributed by atoms with E-state index in [4.69, 9.17) is 4.74 Å². The van der Waals surface area contributed by atoms with Gasteiger partial charge in [0.05, 0.1) is 6.61 Å². The molecule has 0 heterocycles. The molecule has 26 heavy (non-hydrogen) atoms. The molecule has 0 saturated carbocycles. The van der Waals surface area contributed by atoms with Crippen molar-refractivity contribution in [1.29, 1.82) is 0 Å². The first-order chi connectivity index (χ1) is 12.6. The number of phenolic OH excluding ortho intramolecular Hbond substituents is 1. The van der Waals surface area contributed by atoms with E-state index in [1.807, 2.05) is 74.4 Å². The van der Waals surface area contributed by atoms with Gasteiger partial charge in [-0.25, -0.2) is 0 Å². The van der Waals surface area contributed by atoms with Gasteiger partial charge in [-0.15, -0.1) is 0 Å². The van der Waals surface area contributed by atoms with Crippen LogP contribution >= 0.6 is 0 Å². The number of hydrogen-bond donors (Lipinski definition) is 1. The van der Waals surface area contributed by atoms with Gasteiger partial charge < -0.3 is 14.7 Å². The molecular weight excluding hydrogens is 322 g/mol. The first-order valence-corrected chi connectivity index (χ1v) is 8.75. The minimum atomic E-state index is 0.358. The van der Waals surface area contributed by atoms with Crippen molar-refractivity contribution < 1.29 is 9.84 Å². The van der Waals surface area contributed by atoms with E-state index in [1.54, 1.807) is 6.07 Å². The molecule has 0 spiro atoms. The third-order valence-corrected chi connectivity index (χ3v) is 3.95. The van der Waals surface area contributed by atoms with Gasteiger partial charge in [0, 0.05) is 32.3 Å². The van der Waals surface area contributed by atoms with Gasteiger partial charge in [-0.3, -0.25) is 0 Å². The van der Waals surface area contributed by atoms with Crippen LogP contribution in [0, 0.1) is 6.92 Å². The Hall–Kier alpha value is -2.94. The summed E-state index contributed by atoms with van der Waals surface area (Å²) in [4.78, 5) is 1.96. The summed E-state index contributed by atoms with van der Waals surface area (Å²) in [5, 5.41) is 9.32. The number of ether oxygens (including phenoxy) is 1. The van der Waals surface area contributed by atoms with E-state index in [0.717, 1.165) is 30.0 Å². The summed E-state index contributed by atoms with van der Waals surface area (Å²) in [5.74, 6) is 1.30. The van der Waals surface area contributed by atoms with E-state index >= 15 is 0 Å². The first kappa shape index (κ1) is 19.4. The number of nitrogens with zero attached hydrogens (tertiary/aromatic N) is 1. The topological polar surface area (TPSA) is 32.7 Å². The standard InChI is InChI=1S/C14H14O.C9H13NO/c1-3-7-13(8-4-1)11-12-15-14-9-5-2-6-10-14;1-7-4-5-8(10(2)3)6-9(7)11/h1-10H,11-12H2;4-6,11H,1-3H3. The van der Waals surface area contributed by atoms with Crippen LogP contribution in [0.4, 0.5) is 5.69 Å². The number of para-hydroxylation sites is 1. The van der Waals surface area contributed by atoms with Crippen molar-refractivity contribution in [1.82, 2.24) is 0 Å². The Kier molecular flexibility index (Phi) is 7.56. The van der Waals surface area contributed by atoms with Crippen molar-refractivity contribution in [2.45, 2.75) is 13.3 Å². The van der Waals surface area contributed by atoms with Crippen LogP contribution in [0.2, 0.25) is 0 Å². The average Bonchev–Trinajstić information content (AvgIpc) is 2.66. The molecule has 0 radical (unpaired) electrons. The summed E-state index contributed by atoms with van der Waals surface area (Å²) in [6, 6.07) is 25.9. The van der Waals surface area contributed by atoms with Crippen LogP contribution in [0.15, 0.2) is 78.9 Å². The third kappa shape index (κ3) is 6.52. The van der Waals surface area contributed by atoms with Crippen molar-refractivity contribution in [3.05, 3.63) is 90.0 Å². The molecule has 3 aromatic rings. The maximum absolute atomic E-state index is 9.32. The monoisotopic (exact) mass is 349 g/mol. The van der Waals surface area contributed by atoms with Crippen LogP contribution in [-0.2, 0) is 6.42 Å². The van der Waals surface area contributed by atoms with E-state index in [1.165, 1.54) is 5.56 Å². The van der Waals surface area contributed by atoms with Crippen LogP contribution in [-0.4, -0.2) is 25.8 Å². The summed E-state index contributed by atoms with van der Waals surface area (Å²) in [5.41, 5.74) is 3.25. The van der Waals surface area contributed by atoms with Gasteiger partial charge >= 0.3 is 0 Å². The molecule has 0 saturated heterocycles. The lowest BCUT2D eigenvalue weighted by Crippen LogP contribution is -2.08. The van der Waals surface area contributed by atoms with Crippen molar-refractivity contribution in [2.75, 3.05) is 25.6 Å². The van der Waals surface area contributed by atoms with Gasteiger partial charge in [0.15, 0.2) is 0 Å². The quantitative estimate of drug-likeness (QED) is 0.697. The molecule has 1 N–H and O–H groups in total. The summed E-state index contributed by atoms with van der Waals surface area (Å²) in [6.07, 6.45) is 0.954. The van der Waals surface area contributed by atoms with E-state index in [2.05, 4.69) is 24.3 Å². The minimum Gasteiger partial charge on any atom is -0.508 e. The number of hydrogen-bond acceptors (Lipinski definition) is 3. The lowest BCUT2D eigenvalue weighted by atomic mass is 10.2. The molecule has 0 amide bonds. The van der Waals surface area contributed by atoms with E-state index in [0.29, 0.717) is 5.75 Å². The Bertz CT molecular complexity index is 731. The Balaban J connectivity index is 0.000000197. The fourth-order valence-corrected chi connectivity index (χ4v) is 2.32. The van der Waals surface area contributed by atoms with Crippen LogP contribution in [0.3, 0.4) is 0 Å². The van der Waals surface area contributed by atoms with E-state index in [9.17, 15) is 5.11 Å². The molecule has 0 aliphatic heterocycles. The average molecular weight is 349 g/mol. The lowest BCUT2D eigenvalue weighted by Gasteiger charge is -2.12. The van der Waals surface area contributed by atoms with Crippen LogP contribution < -0.4 is 9.64 Å². The zero-order valence-electron chi connectivity index (χ0n) is 15.7. The summed E-state index contributed by atoms with van der Waals surface area (Å²) in [7, 11) is 3.90. The zero-order chi connectivity index (χ0) is 18.8. The molecule has 136 valence electrons. The maximum Gasteiger partial charge on any atom is 0.120 e. The normalized spacial score (nSPS) is 9.81. The first-order valence-electron chi connectivity index (χ1n) is 8.75. The van der Waals surface area contributed by atoms with Crippen molar-refractivity contribution in [3.63, 3.8) is 0 Å². The predicted molar refractivity (Wildman–Crippen MR) is 109 cm³/mol. The van der Waals surface area contributed by atoms with Gasteiger partial charge in [-0.1, -0.05) is 54.6 Å². The molecular formula is C23H27NO2. The highest BCUT2D eigenvalue weighted by Crippen LogP contribution is 2.22. The maximum atomic E-state index is 9.32. The van der Waals surface area contributed by atoms with Gasteiger partial charge in [0.2, 0.25) is 0 Å². The Morgan fingerprint density at radius 2 is 1.46 bits per heavy atom. The zero-order valence-corrected chi connectivity index (χ0v) is 15.7. The number of anilines is 1. The number of benzene rings is 3. The molecule has 3 rings (SSSR count). The Morgan fingerprint density at radius 3 is 2.04 bits per heavy atom. The van der Waals surface area contributed by atoms with Crippen molar-refractivity contribution in [2.24, 2.45) is 0 Å². The highest BCUT2D eigenvalue weighted by Gasteiger charge is 1.98. The fraction of sp³-hybridized carbons (Fsp3) is 0.217. The van der Waals surface area contributed by atoms with Crippen LogP contribution in [0.5, 0.6) is 11.5 Å². The minimum absolute atomic E-state index is 0.358. The molecule has 0 unspecified atom stereocenters. The Labute approximate surface area is 156 Å². The smallest absolute Gasteiger partial charge is 0.120 e. The highest BCUT2D eigenvalue weighted by molar-refractivity contribution is 5.51. The predicted octanol–water partition coefficient (Wildman–Crippen LogP) is 5.07. The van der Waals surface area contributed by atoms with Crippen molar-refractivity contribution >= 4 is 5.69 Å². The van der Waals surface area contributed by atoms with E-state index < -0.39 is 0 Å². The SMILES string of the molecule is Cc1ccc(N(C)C)cc1O.c1ccc(CCOc2ccccc2)cc1. The Morgan fingerprint density at radius 1 is 0.846 bits per heavy atom. The highest BCUT2D eigenvalue weighted by atomic mass is 16.5. The summed E-state index contributed by atoms with van der Waals surface area (Å²) >= 11 is 0. The number of rotatable bonds is 5. The molecule has 3 heteroatoms. The van der Waals surface area contributed by atoms with Gasteiger partial charge in [-0.05, 0) is 36.2 Å². The second-order valence-electron chi connectivity index (χ2n) is 6.26. The molecule has 3 nitrogen and oxygen atoms in total. The molecule has 0 fully saturated rings. The van der Waals surface area contributed by atoms with Crippen LogP contribution in [0.1, 0.15) is 11.1 Å². The summed E-state index contributed by atoms with van der Waals surface area (Å²) < 4.78 is 5.61. The molecule has 0 aliphatic carbocycles. The molecule has 0 aromatic heterocycles. The van der Waals surface area contributed by atoms with Gasteiger partial charge in [0.1, 0.15) is 11.5 Å². The fourth-order valence-electron chi connectivity index (χ4n) is 2.32. The molecule has 0 bridgehead atoms.